The van der Waals surface area contributed by atoms with Crippen LogP contribution >= 0.6 is 0 Å². The zero-order valence-electron chi connectivity index (χ0n) is 9.57. The summed E-state index contributed by atoms with van der Waals surface area (Å²) in [6.45, 7) is 2.70. The summed E-state index contributed by atoms with van der Waals surface area (Å²) in [5, 5.41) is 0. The van der Waals surface area contributed by atoms with Gasteiger partial charge in [-0.1, -0.05) is 5.92 Å². The average Bonchev–Trinajstić information content (AvgIpc) is 2.30. The van der Waals surface area contributed by atoms with Crippen LogP contribution in [0.15, 0.2) is 0 Å². The monoisotopic (exact) mass is 223 g/mol. The molecule has 0 aromatic heterocycles. The van der Waals surface area contributed by atoms with Gasteiger partial charge in [-0.25, -0.2) is 4.79 Å². The van der Waals surface area contributed by atoms with Crippen LogP contribution in [0.2, 0.25) is 0 Å². The largest absolute Gasteiger partial charge is 0.464 e. The van der Waals surface area contributed by atoms with E-state index in [0.29, 0.717) is 19.6 Å². The molecule has 88 valence electrons. The third-order valence-corrected chi connectivity index (χ3v) is 2.64. The first kappa shape index (κ1) is 12.6. The molecule has 1 rings (SSSR count). The molecule has 0 radical (unpaired) electrons. The van der Waals surface area contributed by atoms with E-state index in [1.54, 1.807) is 11.8 Å². The van der Waals surface area contributed by atoms with Crippen LogP contribution in [0.3, 0.4) is 0 Å². The number of piperidine rings is 1. The summed E-state index contributed by atoms with van der Waals surface area (Å²) in [7, 11) is 0. The van der Waals surface area contributed by atoms with E-state index in [1.807, 2.05) is 0 Å². The van der Waals surface area contributed by atoms with Crippen LogP contribution in [0.1, 0.15) is 32.6 Å². The van der Waals surface area contributed by atoms with Gasteiger partial charge in [0.05, 0.1) is 13.0 Å². The van der Waals surface area contributed by atoms with Gasteiger partial charge in [-0.3, -0.25) is 4.79 Å². The highest BCUT2D eigenvalue weighted by Gasteiger charge is 2.32. The van der Waals surface area contributed by atoms with Crippen molar-refractivity contribution in [2.24, 2.45) is 0 Å². The third-order valence-electron chi connectivity index (χ3n) is 2.64. The molecular formula is C12H17NO3. The van der Waals surface area contributed by atoms with Crippen LogP contribution in [-0.4, -0.2) is 36.0 Å². The highest BCUT2D eigenvalue weighted by Crippen LogP contribution is 2.19. The number of terminal acetylenes is 1. The Labute approximate surface area is 95.9 Å². The maximum absolute atomic E-state index is 11.7. The van der Waals surface area contributed by atoms with Crippen LogP contribution in [0.4, 0.5) is 0 Å². The van der Waals surface area contributed by atoms with E-state index in [0.717, 1.165) is 12.8 Å². The molecule has 1 saturated heterocycles. The van der Waals surface area contributed by atoms with Crippen molar-refractivity contribution in [1.29, 1.82) is 0 Å². The number of ether oxygens (including phenoxy) is 1. The van der Waals surface area contributed by atoms with Gasteiger partial charge >= 0.3 is 5.97 Å². The summed E-state index contributed by atoms with van der Waals surface area (Å²) in [6.07, 6.45) is 7.70. The summed E-state index contributed by atoms with van der Waals surface area (Å²) < 4.78 is 4.96. The lowest BCUT2D eigenvalue weighted by atomic mass is 10.0. The molecule has 4 heteroatoms. The number of nitrogens with zero attached hydrogens (tertiary/aromatic N) is 1. The predicted molar refractivity (Wildman–Crippen MR) is 59.4 cm³/mol. The van der Waals surface area contributed by atoms with Gasteiger partial charge in [0, 0.05) is 6.54 Å². The van der Waals surface area contributed by atoms with Gasteiger partial charge in [-0.2, -0.15) is 0 Å². The Hall–Kier alpha value is -1.50. The van der Waals surface area contributed by atoms with E-state index in [9.17, 15) is 9.59 Å². The second-order valence-electron chi connectivity index (χ2n) is 3.73. The maximum Gasteiger partial charge on any atom is 0.328 e. The number of carbonyl (C=O) groups excluding carboxylic acids is 2. The topological polar surface area (TPSA) is 46.6 Å². The quantitative estimate of drug-likeness (QED) is 0.528. The number of rotatable bonds is 3. The van der Waals surface area contributed by atoms with Gasteiger partial charge in [-0.15, -0.1) is 6.42 Å². The molecule has 0 aromatic rings. The van der Waals surface area contributed by atoms with Crippen molar-refractivity contribution in [2.45, 2.75) is 38.6 Å². The Morgan fingerprint density at radius 3 is 2.88 bits per heavy atom. The van der Waals surface area contributed by atoms with Crippen LogP contribution < -0.4 is 0 Å². The molecule has 1 atom stereocenters. The molecule has 1 aliphatic heterocycles. The van der Waals surface area contributed by atoms with Gasteiger partial charge in [0.25, 0.3) is 0 Å². The Morgan fingerprint density at radius 2 is 2.25 bits per heavy atom. The molecule has 0 bridgehead atoms. The normalized spacial score (nSPS) is 20.0. The van der Waals surface area contributed by atoms with Crippen molar-refractivity contribution in [3.63, 3.8) is 0 Å². The van der Waals surface area contributed by atoms with Crippen LogP contribution in [0, 0.1) is 12.3 Å². The zero-order valence-corrected chi connectivity index (χ0v) is 9.57. The van der Waals surface area contributed by atoms with Gasteiger partial charge in [0.15, 0.2) is 0 Å². The Kier molecular flexibility index (Phi) is 4.84. The Morgan fingerprint density at radius 1 is 1.50 bits per heavy atom. The van der Waals surface area contributed by atoms with Crippen molar-refractivity contribution in [1.82, 2.24) is 4.90 Å². The van der Waals surface area contributed by atoms with E-state index < -0.39 is 6.04 Å². The molecule has 1 aliphatic rings. The zero-order chi connectivity index (χ0) is 12.0. The first-order chi connectivity index (χ1) is 7.70. The van der Waals surface area contributed by atoms with Gasteiger partial charge in [0.1, 0.15) is 6.04 Å². The number of hydrogen-bond acceptors (Lipinski definition) is 3. The molecule has 1 amide bonds. The van der Waals surface area contributed by atoms with Crippen LogP contribution in [0.5, 0.6) is 0 Å². The van der Waals surface area contributed by atoms with E-state index in [-0.39, 0.29) is 18.3 Å². The molecule has 0 N–H and O–H groups in total. The lowest BCUT2D eigenvalue weighted by Gasteiger charge is -2.33. The number of esters is 1. The van der Waals surface area contributed by atoms with E-state index in [4.69, 9.17) is 11.2 Å². The van der Waals surface area contributed by atoms with E-state index >= 15 is 0 Å². The fourth-order valence-electron chi connectivity index (χ4n) is 1.90. The van der Waals surface area contributed by atoms with Crippen LogP contribution in [-0.2, 0) is 14.3 Å². The second-order valence-corrected chi connectivity index (χ2v) is 3.73. The minimum Gasteiger partial charge on any atom is -0.464 e. The minimum atomic E-state index is -0.436. The number of carbonyl (C=O) groups is 2. The molecule has 16 heavy (non-hydrogen) atoms. The fourth-order valence-corrected chi connectivity index (χ4v) is 1.90. The molecule has 4 nitrogen and oxygen atoms in total. The van der Waals surface area contributed by atoms with Crippen molar-refractivity contribution in [3.05, 3.63) is 0 Å². The summed E-state index contributed by atoms with van der Waals surface area (Å²) in [5.74, 6) is 1.85. The first-order valence-electron chi connectivity index (χ1n) is 5.60. The van der Waals surface area contributed by atoms with Crippen LogP contribution in [0.25, 0.3) is 0 Å². The highest BCUT2D eigenvalue weighted by atomic mass is 16.5. The lowest BCUT2D eigenvalue weighted by molar-refractivity contribution is -0.156. The number of hydrogen-bond donors (Lipinski definition) is 0. The SMILES string of the molecule is C#CCC(=O)N1CCCCC1C(=O)OCC. The van der Waals surface area contributed by atoms with Crippen molar-refractivity contribution in [3.8, 4) is 12.3 Å². The standard InChI is InChI=1S/C12H17NO3/c1-3-7-11(14)13-9-6-5-8-10(13)12(15)16-4-2/h1,10H,4-9H2,2H3. The molecule has 0 aliphatic carbocycles. The molecule has 1 fully saturated rings. The summed E-state index contributed by atoms with van der Waals surface area (Å²) >= 11 is 0. The summed E-state index contributed by atoms with van der Waals surface area (Å²) in [6, 6.07) is -0.436. The van der Waals surface area contributed by atoms with Gasteiger partial charge in [0.2, 0.25) is 5.91 Å². The molecule has 0 saturated carbocycles. The van der Waals surface area contributed by atoms with Gasteiger partial charge in [-0.05, 0) is 26.2 Å². The first-order valence-corrected chi connectivity index (χ1v) is 5.60. The smallest absolute Gasteiger partial charge is 0.328 e. The molecular weight excluding hydrogens is 206 g/mol. The molecule has 1 unspecified atom stereocenters. The summed E-state index contributed by atoms with van der Waals surface area (Å²) in [5.41, 5.74) is 0. The van der Waals surface area contributed by atoms with E-state index in [2.05, 4.69) is 5.92 Å². The lowest BCUT2D eigenvalue weighted by Crippen LogP contribution is -2.48. The molecule has 0 spiro atoms. The van der Waals surface area contributed by atoms with Crippen molar-refractivity contribution < 1.29 is 14.3 Å². The van der Waals surface area contributed by atoms with Crippen molar-refractivity contribution >= 4 is 11.9 Å². The fraction of sp³-hybridized carbons (Fsp3) is 0.667. The molecule has 0 aromatic carbocycles. The number of likely N-dealkylation sites (tertiary alicyclic amines) is 1. The Balaban J connectivity index is 2.67. The Bertz CT molecular complexity index is 306. The highest BCUT2D eigenvalue weighted by molar-refractivity contribution is 5.85. The minimum absolute atomic E-state index is 0.0515. The third kappa shape index (κ3) is 2.99. The van der Waals surface area contributed by atoms with E-state index in [1.165, 1.54) is 0 Å². The predicted octanol–water partition coefficient (Wildman–Crippen LogP) is 0.954. The average molecular weight is 223 g/mol. The van der Waals surface area contributed by atoms with Gasteiger partial charge < -0.3 is 9.64 Å². The molecule has 1 heterocycles. The maximum atomic E-state index is 11.7. The number of amides is 1. The second kappa shape index (κ2) is 6.16. The van der Waals surface area contributed by atoms with Crippen molar-refractivity contribution in [2.75, 3.05) is 13.2 Å². The summed E-state index contributed by atoms with van der Waals surface area (Å²) in [4.78, 5) is 24.9.